The summed E-state index contributed by atoms with van der Waals surface area (Å²) in [6.45, 7) is 3.09. The molecule has 1 aliphatic rings. The van der Waals surface area contributed by atoms with Crippen LogP contribution in [-0.4, -0.2) is 61.1 Å². The highest BCUT2D eigenvalue weighted by Gasteiger charge is 2.21. The van der Waals surface area contributed by atoms with Crippen molar-refractivity contribution in [2.45, 2.75) is 6.54 Å². The molecule has 0 radical (unpaired) electrons. The Labute approximate surface area is 212 Å². The van der Waals surface area contributed by atoms with Crippen molar-refractivity contribution < 1.29 is 13.2 Å². The SMILES string of the molecule is CS(=O)(=O)NCc1cccc(-c2cc3nc(-c4cccc5[nH]ncc45)nc(N4CCOCC4)c3s2)c1. The Morgan fingerprint density at radius 1 is 1.11 bits per heavy atom. The molecule has 1 saturated heterocycles. The number of H-pyrrole nitrogens is 1. The third-order valence-electron chi connectivity index (χ3n) is 6.14. The first-order chi connectivity index (χ1) is 17.4. The number of aromatic nitrogens is 4. The van der Waals surface area contributed by atoms with Gasteiger partial charge < -0.3 is 9.64 Å². The van der Waals surface area contributed by atoms with Crippen molar-refractivity contribution in [2.75, 3.05) is 37.5 Å². The molecule has 184 valence electrons. The number of hydrogen-bond acceptors (Lipinski definition) is 8. The normalized spacial score (nSPS) is 14.6. The van der Waals surface area contributed by atoms with Crippen LogP contribution in [0.25, 0.3) is 42.9 Å². The van der Waals surface area contributed by atoms with E-state index in [1.54, 1.807) is 11.3 Å². The van der Waals surface area contributed by atoms with Gasteiger partial charge >= 0.3 is 0 Å². The second-order valence-corrected chi connectivity index (χ2v) is 11.6. The van der Waals surface area contributed by atoms with E-state index >= 15 is 0 Å². The van der Waals surface area contributed by atoms with Crippen molar-refractivity contribution in [3.8, 4) is 21.8 Å². The van der Waals surface area contributed by atoms with Crippen LogP contribution in [-0.2, 0) is 21.3 Å². The number of nitrogens with zero attached hydrogens (tertiary/aromatic N) is 4. The number of hydrogen-bond donors (Lipinski definition) is 2. The first-order valence-electron chi connectivity index (χ1n) is 11.6. The summed E-state index contributed by atoms with van der Waals surface area (Å²) in [5.74, 6) is 1.57. The van der Waals surface area contributed by atoms with E-state index in [1.807, 2.05) is 48.7 Å². The Bertz CT molecular complexity index is 1670. The van der Waals surface area contributed by atoms with Gasteiger partial charge in [-0.15, -0.1) is 11.3 Å². The second kappa shape index (κ2) is 9.25. The van der Waals surface area contributed by atoms with Crippen molar-refractivity contribution in [1.82, 2.24) is 24.9 Å². The van der Waals surface area contributed by atoms with Crippen molar-refractivity contribution in [2.24, 2.45) is 0 Å². The van der Waals surface area contributed by atoms with Gasteiger partial charge in [-0.25, -0.2) is 23.1 Å². The topological polar surface area (TPSA) is 113 Å². The van der Waals surface area contributed by atoms with Crippen molar-refractivity contribution in [3.05, 3.63) is 60.3 Å². The fraction of sp³-hybridized carbons (Fsp3) is 0.240. The van der Waals surface area contributed by atoms with Crippen molar-refractivity contribution in [3.63, 3.8) is 0 Å². The molecule has 0 unspecified atom stereocenters. The van der Waals surface area contributed by atoms with Crippen molar-refractivity contribution >= 4 is 48.3 Å². The minimum absolute atomic E-state index is 0.245. The summed E-state index contributed by atoms with van der Waals surface area (Å²) in [6.07, 6.45) is 2.97. The molecular formula is C25H24N6O3S2. The maximum Gasteiger partial charge on any atom is 0.209 e. The second-order valence-electron chi connectivity index (χ2n) is 8.73. The average Bonchev–Trinajstić information content (AvgIpc) is 3.54. The highest BCUT2D eigenvalue weighted by Crippen LogP contribution is 2.39. The van der Waals surface area contributed by atoms with Gasteiger partial charge in [0.2, 0.25) is 10.0 Å². The maximum absolute atomic E-state index is 11.5. The quantitative estimate of drug-likeness (QED) is 0.350. The van der Waals surface area contributed by atoms with Gasteiger partial charge in [0.15, 0.2) is 11.6 Å². The molecule has 6 rings (SSSR count). The summed E-state index contributed by atoms with van der Waals surface area (Å²) in [7, 11) is -3.27. The first kappa shape index (κ1) is 23.0. The number of fused-ring (bicyclic) bond motifs is 2. The molecule has 0 aliphatic carbocycles. The van der Waals surface area contributed by atoms with E-state index in [0.717, 1.165) is 67.9 Å². The van der Waals surface area contributed by atoms with Crippen molar-refractivity contribution in [1.29, 1.82) is 0 Å². The number of anilines is 1. The first-order valence-corrected chi connectivity index (χ1v) is 14.3. The lowest BCUT2D eigenvalue weighted by Crippen LogP contribution is -2.36. The van der Waals surface area contributed by atoms with Crippen LogP contribution in [0.5, 0.6) is 0 Å². The molecule has 2 N–H and O–H groups in total. The molecule has 3 aromatic heterocycles. The van der Waals surface area contributed by atoms with E-state index in [2.05, 4.69) is 25.9 Å². The van der Waals surface area contributed by atoms with Crippen LogP contribution in [0, 0.1) is 0 Å². The zero-order chi connectivity index (χ0) is 24.7. The van der Waals surface area contributed by atoms with E-state index < -0.39 is 10.0 Å². The Kier molecular flexibility index (Phi) is 5.92. The summed E-state index contributed by atoms with van der Waals surface area (Å²) in [5, 5.41) is 8.20. The van der Waals surface area contributed by atoms with Crippen LogP contribution in [0.15, 0.2) is 54.7 Å². The van der Waals surface area contributed by atoms with E-state index in [4.69, 9.17) is 14.7 Å². The van der Waals surface area contributed by atoms with Crippen LogP contribution >= 0.6 is 11.3 Å². The van der Waals surface area contributed by atoms with Crippen LogP contribution in [0.3, 0.4) is 0 Å². The molecular weight excluding hydrogens is 496 g/mol. The third-order valence-corrected chi connectivity index (χ3v) is 7.98. The van der Waals surface area contributed by atoms with Crippen LogP contribution in [0.2, 0.25) is 0 Å². The van der Waals surface area contributed by atoms with Gasteiger partial charge in [0.1, 0.15) is 0 Å². The molecule has 5 aromatic rings. The van der Waals surface area contributed by atoms with Gasteiger partial charge in [-0.1, -0.05) is 30.3 Å². The average molecular weight is 521 g/mol. The van der Waals surface area contributed by atoms with Gasteiger partial charge in [-0.3, -0.25) is 5.10 Å². The summed E-state index contributed by atoms with van der Waals surface area (Å²) in [5.41, 5.74) is 4.65. The Morgan fingerprint density at radius 2 is 1.94 bits per heavy atom. The number of morpholine rings is 1. The Morgan fingerprint density at radius 3 is 2.78 bits per heavy atom. The largest absolute Gasteiger partial charge is 0.378 e. The van der Waals surface area contributed by atoms with Crippen LogP contribution < -0.4 is 9.62 Å². The third kappa shape index (κ3) is 4.58. The lowest BCUT2D eigenvalue weighted by Gasteiger charge is -2.28. The predicted octanol–water partition coefficient (Wildman–Crippen LogP) is 3.79. The molecule has 1 fully saturated rings. The molecule has 1 aliphatic heterocycles. The molecule has 0 bridgehead atoms. The van der Waals surface area contributed by atoms with E-state index in [0.29, 0.717) is 19.0 Å². The maximum atomic E-state index is 11.5. The molecule has 4 heterocycles. The summed E-state index contributed by atoms with van der Waals surface area (Å²) < 4.78 is 32.2. The fourth-order valence-electron chi connectivity index (χ4n) is 4.38. The standard InChI is InChI=1S/C25H24N6O3S2/c1-36(32,33)27-14-16-4-2-5-17(12-16)22-13-21-23(35-22)25(31-8-10-34-11-9-31)29-24(28-21)18-6-3-7-20-19(18)15-26-30-20/h2-7,12-13,15,27H,8-11,14H2,1H3,(H,26,30). The number of benzene rings is 2. The van der Waals surface area contributed by atoms with Gasteiger partial charge in [-0.2, -0.15) is 5.10 Å². The Balaban J connectivity index is 1.47. The zero-order valence-electron chi connectivity index (χ0n) is 19.6. The molecule has 9 nitrogen and oxygen atoms in total. The van der Waals surface area contributed by atoms with Gasteiger partial charge in [0.05, 0.1) is 41.4 Å². The van der Waals surface area contributed by atoms with Gasteiger partial charge in [0, 0.05) is 35.5 Å². The van der Waals surface area contributed by atoms with E-state index in [1.165, 1.54) is 0 Å². The molecule has 36 heavy (non-hydrogen) atoms. The molecule has 11 heteroatoms. The lowest BCUT2D eigenvalue weighted by atomic mass is 10.1. The van der Waals surface area contributed by atoms with Crippen LogP contribution in [0.1, 0.15) is 5.56 Å². The smallest absolute Gasteiger partial charge is 0.209 e. The number of rotatable bonds is 6. The number of sulfonamides is 1. The highest BCUT2D eigenvalue weighted by atomic mass is 32.2. The molecule has 2 aromatic carbocycles. The number of thiophene rings is 1. The molecule has 0 saturated carbocycles. The number of ether oxygens (including phenoxy) is 1. The molecule has 0 spiro atoms. The predicted molar refractivity (Wildman–Crippen MR) is 143 cm³/mol. The summed E-state index contributed by atoms with van der Waals surface area (Å²) in [6, 6.07) is 16.0. The number of aromatic amines is 1. The van der Waals surface area contributed by atoms with E-state index in [9.17, 15) is 8.42 Å². The Hall–Kier alpha value is -3.38. The van der Waals surface area contributed by atoms with Crippen LogP contribution in [0.4, 0.5) is 5.82 Å². The lowest BCUT2D eigenvalue weighted by molar-refractivity contribution is 0.122. The van der Waals surface area contributed by atoms with E-state index in [-0.39, 0.29) is 6.54 Å². The fourth-order valence-corrected chi connectivity index (χ4v) is 5.92. The van der Waals surface area contributed by atoms with Gasteiger partial charge in [0.25, 0.3) is 0 Å². The molecule has 0 amide bonds. The minimum atomic E-state index is -3.27. The minimum Gasteiger partial charge on any atom is -0.378 e. The highest BCUT2D eigenvalue weighted by molar-refractivity contribution is 7.88. The van der Waals surface area contributed by atoms with Gasteiger partial charge in [-0.05, 0) is 29.3 Å². The molecule has 0 atom stereocenters. The monoisotopic (exact) mass is 520 g/mol. The zero-order valence-corrected chi connectivity index (χ0v) is 21.2. The summed E-state index contributed by atoms with van der Waals surface area (Å²) in [4.78, 5) is 13.3. The number of nitrogens with one attached hydrogen (secondary N) is 2. The summed E-state index contributed by atoms with van der Waals surface area (Å²) >= 11 is 1.65.